The van der Waals surface area contributed by atoms with Gasteiger partial charge >= 0.3 is 0 Å². The number of halogens is 2. The maximum Gasteiger partial charge on any atom is 0.106 e. The minimum Gasteiger partial charge on any atom is -0.399 e. The number of nitriles is 1. The summed E-state index contributed by atoms with van der Waals surface area (Å²) < 4.78 is 0. The Kier molecular flexibility index (Phi) is 5.82. The van der Waals surface area contributed by atoms with E-state index in [0.29, 0.717) is 22.9 Å². The molecule has 0 bridgehead atoms. The minimum absolute atomic E-state index is 0.480. The maximum absolute atomic E-state index is 8.50. The van der Waals surface area contributed by atoms with Gasteiger partial charge in [-0.15, -0.1) is 0 Å². The monoisotopic (exact) mass is 270 g/mol. The lowest BCUT2D eigenvalue weighted by molar-refractivity contribution is 0.212. The smallest absolute Gasteiger partial charge is 0.106 e. The van der Waals surface area contributed by atoms with E-state index < -0.39 is 0 Å². The summed E-state index contributed by atoms with van der Waals surface area (Å²) in [6.45, 7) is 0. The molecular formula is C12H12Cl2N2O. The fourth-order valence-electron chi connectivity index (χ4n) is 1.36. The minimum atomic E-state index is 0.480. The Balaban J connectivity index is 2.87. The van der Waals surface area contributed by atoms with E-state index in [1.54, 1.807) is 12.1 Å². The number of rotatable bonds is 5. The third-order valence-corrected chi connectivity index (χ3v) is 2.90. The third-order valence-electron chi connectivity index (χ3n) is 2.16. The summed E-state index contributed by atoms with van der Waals surface area (Å²) in [6, 6.07) is 7.39. The lowest BCUT2D eigenvalue weighted by atomic mass is 10.1. The number of oxime groups is 1. The molecule has 1 aromatic rings. The maximum atomic E-state index is 8.50. The highest BCUT2D eigenvalue weighted by Gasteiger charge is 2.07. The molecule has 0 N–H and O–H groups in total. The Morgan fingerprint density at radius 3 is 2.76 bits per heavy atom. The molecule has 0 amide bonds. The molecule has 0 spiro atoms. The first-order chi connectivity index (χ1) is 8.19. The van der Waals surface area contributed by atoms with Crippen LogP contribution in [0, 0.1) is 11.3 Å². The number of unbranched alkanes of at least 4 members (excludes halogenated alkanes) is 1. The van der Waals surface area contributed by atoms with Gasteiger partial charge in [0.05, 0.1) is 21.8 Å². The lowest BCUT2D eigenvalue weighted by Gasteiger charge is -2.06. The number of hydrogen-bond acceptors (Lipinski definition) is 3. The highest BCUT2D eigenvalue weighted by Crippen LogP contribution is 2.23. The molecule has 1 rings (SSSR count). The highest BCUT2D eigenvalue weighted by atomic mass is 35.5. The van der Waals surface area contributed by atoms with Crippen LogP contribution >= 0.6 is 23.2 Å². The van der Waals surface area contributed by atoms with E-state index in [4.69, 9.17) is 33.3 Å². The lowest BCUT2D eigenvalue weighted by Crippen LogP contribution is -2.01. The predicted molar refractivity (Wildman–Crippen MR) is 69.5 cm³/mol. The molecule has 0 aromatic heterocycles. The van der Waals surface area contributed by atoms with E-state index in [2.05, 4.69) is 11.2 Å². The van der Waals surface area contributed by atoms with Crippen molar-refractivity contribution in [2.24, 2.45) is 5.16 Å². The first-order valence-electron chi connectivity index (χ1n) is 5.11. The van der Waals surface area contributed by atoms with Crippen LogP contribution in [0.15, 0.2) is 23.4 Å². The zero-order chi connectivity index (χ0) is 12.7. The van der Waals surface area contributed by atoms with Gasteiger partial charge in [-0.1, -0.05) is 34.4 Å². The van der Waals surface area contributed by atoms with E-state index in [1.807, 2.05) is 6.07 Å². The van der Waals surface area contributed by atoms with Crippen LogP contribution in [0.25, 0.3) is 0 Å². The van der Waals surface area contributed by atoms with Crippen molar-refractivity contribution < 1.29 is 4.84 Å². The van der Waals surface area contributed by atoms with Crippen LogP contribution in [0.3, 0.4) is 0 Å². The van der Waals surface area contributed by atoms with E-state index in [-0.39, 0.29) is 0 Å². The Morgan fingerprint density at radius 1 is 1.41 bits per heavy atom. The Labute approximate surface area is 111 Å². The van der Waals surface area contributed by atoms with Crippen LogP contribution in [-0.4, -0.2) is 12.8 Å². The standard InChI is InChI=1S/C12H12Cl2N2O/c1-17-16-12(4-2-3-7-15)9-5-6-10(13)11(14)8-9/h5-6,8H,2-4H2,1H3/b16-12+. The van der Waals surface area contributed by atoms with E-state index >= 15 is 0 Å². The Hall–Kier alpha value is -1.24. The Bertz CT molecular complexity index is 452. The summed E-state index contributed by atoms with van der Waals surface area (Å²) in [4.78, 5) is 4.79. The highest BCUT2D eigenvalue weighted by molar-refractivity contribution is 6.42. The molecule has 0 atom stereocenters. The number of hydrogen-bond donors (Lipinski definition) is 0. The van der Waals surface area contributed by atoms with Crippen LogP contribution in [0.5, 0.6) is 0 Å². The summed E-state index contributed by atoms with van der Waals surface area (Å²) >= 11 is 11.8. The fraction of sp³-hybridized carbons (Fsp3) is 0.333. The summed E-state index contributed by atoms with van der Waals surface area (Å²) in [7, 11) is 1.49. The molecule has 0 radical (unpaired) electrons. The molecule has 0 unspecified atom stereocenters. The van der Waals surface area contributed by atoms with E-state index in [9.17, 15) is 0 Å². The quantitative estimate of drug-likeness (QED) is 0.461. The van der Waals surface area contributed by atoms with Crippen molar-refractivity contribution in [3.63, 3.8) is 0 Å². The van der Waals surface area contributed by atoms with Crippen LogP contribution in [-0.2, 0) is 4.84 Å². The van der Waals surface area contributed by atoms with Gasteiger partial charge in [0.1, 0.15) is 7.11 Å². The number of nitrogens with zero attached hydrogens (tertiary/aromatic N) is 2. The zero-order valence-electron chi connectivity index (χ0n) is 9.41. The van der Waals surface area contributed by atoms with Crippen molar-refractivity contribution in [3.8, 4) is 6.07 Å². The van der Waals surface area contributed by atoms with Gasteiger partial charge in [-0.2, -0.15) is 5.26 Å². The molecule has 0 saturated heterocycles. The van der Waals surface area contributed by atoms with Crippen molar-refractivity contribution in [3.05, 3.63) is 33.8 Å². The summed E-state index contributed by atoms with van der Waals surface area (Å²) in [6.07, 6.45) is 1.89. The fourth-order valence-corrected chi connectivity index (χ4v) is 1.66. The first-order valence-corrected chi connectivity index (χ1v) is 5.87. The summed E-state index contributed by atoms with van der Waals surface area (Å²) in [5.74, 6) is 0. The van der Waals surface area contributed by atoms with Gasteiger partial charge < -0.3 is 4.84 Å². The molecule has 5 heteroatoms. The van der Waals surface area contributed by atoms with Gasteiger partial charge in [0.2, 0.25) is 0 Å². The molecule has 0 aliphatic rings. The van der Waals surface area contributed by atoms with Crippen molar-refractivity contribution in [1.29, 1.82) is 5.26 Å². The van der Waals surface area contributed by atoms with Crippen molar-refractivity contribution in [2.75, 3.05) is 7.11 Å². The van der Waals surface area contributed by atoms with Gasteiger partial charge in [0.25, 0.3) is 0 Å². The molecule has 3 nitrogen and oxygen atoms in total. The largest absolute Gasteiger partial charge is 0.399 e. The summed E-state index contributed by atoms with van der Waals surface area (Å²) in [5.41, 5.74) is 1.63. The van der Waals surface area contributed by atoms with Gasteiger partial charge in [-0.3, -0.25) is 0 Å². The SMILES string of the molecule is CO/N=C(\CCCC#N)c1ccc(Cl)c(Cl)c1. The molecule has 0 saturated carbocycles. The van der Waals surface area contributed by atoms with Crippen LogP contribution in [0.1, 0.15) is 24.8 Å². The molecule has 0 fully saturated rings. The van der Waals surface area contributed by atoms with Crippen molar-refractivity contribution in [1.82, 2.24) is 0 Å². The molecule has 0 aliphatic heterocycles. The predicted octanol–water partition coefficient (Wildman–Crippen LogP) is 4.04. The average Bonchev–Trinajstić information content (AvgIpc) is 2.32. The van der Waals surface area contributed by atoms with E-state index in [1.165, 1.54) is 7.11 Å². The van der Waals surface area contributed by atoms with Crippen LogP contribution in [0.2, 0.25) is 10.0 Å². The van der Waals surface area contributed by atoms with Gasteiger partial charge in [-0.05, 0) is 25.0 Å². The second-order valence-electron chi connectivity index (χ2n) is 3.36. The molecule has 0 heterocycles. The second kappa shape index (κ2) is 7.16. The molecule has 17 heavy (non-hydrogen) atoms. The molecule has 1 aromatic carbocycles. The number of benzene rings is 1. The zero-order valence-corrected chi connectivity index (χ0v) is 10.9. The molecule has 90 valence electrons. The Morgan fingerprint density at radius 2 is 2.18 bits per heavy atom. The topological polar surface area (TPSA) is 45.4 Å². The average molecular weight is 271 g/mol. The second-order valence-corrected chi connectivity index (χ2v) is 4.18. The van der Waals surface area contributed by atoms with E-state index in [0.717, 1.165) is 17.7 Å². The first kappa shape index (κ1) is 13.8. The van der Waals surface area contributed by atoms with Crippen molar-refractivity contribution >= 4 is 28.9 Å². The molecular weight excluding hydrogens is 259 g/mol. The van der Waals surface area contributed by atoms with Gasteiger partial charge in [0, 0.05) is 12.0 Å². The van der Waals surface area contributed by atoms with Gasteiger partial charge in [0.15, 0.2) is 0 Å². The van der Waals surface area contributed by atoms with Crippen LogP contribution < -0.4 is 0 Å². The third kappa shape index (κ3) is 4.26. The van der Waals surface area contributed by atoms with Crippen molar-refractivity contribution in [2.45, 2.75) is 19.3 Å². The van der Waals surface area contributed by atoms with Crippen LogP contribution in [0.4, 0.5) is 0 Å². The summed E-state index contributed by atoms with van der Waals surface area (Å²) in [5, 5.41) is 13.4. The molecule has 0 aliphatic carbocycles. The normalized spacial score (nSPS) is 11.1. The van der Waals surface area contributed by atoms with Gasteiger partial charge in [-0.25, -0.2) is 0 Å².